The normalized spacial score (nSPS) is 10.7. The molecule has 0 fully saturated rings. The van der Waals surface area contributed by atoms with Crippen molar-refractivity contribution in [3.05, 3.63) is 41.6 Å². The molecule has 0 radical (unpaired) electrons. The highest BCUT2D eigenvalue weighted by Gasteiger charge is 2.14. The van der Waals surface area contributed by atoms with Crippen molar-refractivity contribution >= 4 is 5.97 Å². The Morgan fingerprint density at radius 2 is 1.90 bits per heavy atom. The van der Waals surface area contributed by atoms with Crippen molar-refractivity contribution in [1.82, 2.24) is 15.3 Å². The maximum atomic E-state index is 10.8. The Morgan fingerprint density at radius 1 is 1.15 bits per heavy atom. The predicted octanol–water partition coefficient (Wildman–Crippen LogP) is 2.40. The minimum Gasteiger partial charge on any atom is -0.478 e. The smallest absolute Gasteiger partial charge is 0.335 e. The average Bonchev–Trinajstić information content (AvgIpc) is 3.07. The van der Waals surface area contributed by atoms with E-state index < -0.39 is 5.97 Å². The number of carboxylic acids is 1. The van der Waals surface area contributed by atoms with Crippen LogP contribution in [0, 0.1) is 6.92 Å². The summed E-state index contributed by atoms with van der Waals surface area (Å²) in [6.45, 7) is 1.79. The van der Waals surface area contributed by atoms with Gasteiger partial charge in [0, 0.05) is 11.6 Å². The van der Waals surface area contributed by atoms with Crippen LogP contribution in [-0.2, 0) is 0 Å². The lowest BCUT2D eigenvalue weighted by Gasteiger charge is -1.95. The molecule has 1 N–H and O–H groups in total. The van der Waals surface area contributed by atoms with E-state index in [2.05, 4.69) is 15.3 Å². The Hall–Kier alpha value is -2.96. The van der Waals surface area contributed by atoms with Gasteiger partial charge in [-0.3, -0.25) is 0 Å². The molecular weight excluding hydrogens is 262 g/mol. The number of carboxylic acid groups (broad SMARTS) is 1. The van der Waals surface area contributed by atoms with E-state index in [9.17, 15) is 4.79 Å². The Morgan fingerprint density at radius 3 is 2.50 bits per heavy atom. The molecule has 0 aliphatic rings. The monoisotopic (exact) mass is 271 g/mol. The van der Waals surface area contributed by atoms with E-state index in [1.54, 1.807) is 25.1 Å². The number of aromatic nitrogens is 3. The highest BCUT2D eigenvalue weighted by atomic mass is 16.5. The van der Waals surface area contributed by atoms with Gasteiger partial charge in [0.2, 0.25) is 11.6 Å². The van der Waals surface area contributed by atoms with E-state index in [-0.39, 0.29) is 11.5 Å². The zero-order valence-electron chi connectivity index (χ0n) is 10.4. The first-order valence-corrected chi connectivity index (χ1v) is 5.74. The van der Waals surface area contributed by atoms with Gasteiger partial charge in [-0.15, -0.1) is 0 Å². The number of aryl methyl sites for hydroxylation is 1. The van der Waals surface area contributed by atoms with E-state index >= 15 is 0 Å². The number of hydrogen-bond donors (Lipinski definition) is 1. The van der Waals surface area contributed by atoms with Crippen LogP contribution >= 0.6 is 0 Å². The molecule has 0 amide bonds. The van der Waals surface area contributed by atoms with Gasteiger partial charge in [0.1, 0.15) is 0 Å². The van der Waals surface area contributed by atoms with Crippen molar-refractivity contribution in [2.75, 3.05) is 0 Å². The zero-order chi connectivity index (χ0) is 14.1. The Kier molecular flexibility index (Phi) is 2.79. The topological polar surface area (TPSA) is 102 Å². The predicted molar refractivity (Wildman–Crippen MR) is 66.9 cm³/mol. The van der Waals surface area contributed by atoms with Crippen LogP contribution in [-0.4, -0.2) is 26.4 Å². The molecule has 3 aromatic rings. The lowest BCUT2D eigenvalue weighted by Crippen LogP contribution is -1.95. The van der Waals surface area contributed by atoms with Gasteiger partial charge in [0.25, 0.3) is 5.89 Å². The van der Waals surface area contributed by atoms with Crippen molar-refractivity contribution in [2.45, 2.75) is 6.92 Å². The van der Waals surface area contributed by atoms with Gasteiger partial charge < -0.3 is 14.2 Å². The fraction of sp³-hybridized carbons (Fsp3) is 0.0769. The van der Waals surface area contributed by atoms with Crippen molar-refractivity contribution in [2.24, 2.45) is 0 Å². The number of hydrogen-bond acceptors (Lipinski definition) is 6. The summed E-state index contributed by atoms with van der Waals surface area (Å²) in [6.07, 6.45) is 0. The molecule has 3 rings (SSSR count). The fourth-order valence-corrected chi connectivity index (χ4v) is 1.67. The molecule has 0 unspecified atom stereocenters. The summed E-state index contributed by atoms with van der Waals surface area (Å²) >= 11 is 0. The third-order valence-electron chi connectivity index (χ3n) is 2.65. The lowest BCUT2D eigenvalue weighted by atomic mass is 10.1. The van der Waals surface area contributed by atoms with Crippen molar-refractivity contribution in [1.29, 1.82) is 0 Å². The van der Waals surface area contributed by atoms with Crippen LogP contribution in [0.3, 0.4) is 0 Å². The summed E-state index contributed by atoms with van der Waals surface area (Å²) in [5, 5.41) is 16.4. The van der Waals surface area contributed by atoms with E-state index in [1.165, 1.54) is 12.1 Å². The molecule has 7 nitrogen and oxygen atoms in total. The largest absolute Gasteiger partial charge is 0.478 e. The summed E-state index contributed by atoms with van der Waals surface area (Å²) in [6, 6.07) is 7.87. The maximum Gasteiger partial charge on any atom is 0.335 e. The minimum absolute atomic E-state index is 0.198. The van der Waals surface area contributed by atoms with E-state index in [0.29, 0.717) is 22.8 Å². The molecule has 2 heterocycles. The third-order valence-corrected chi connectivity index (χ3v) is 2.65. The molecule has 2 aromatic heterocycles. The molecule has 7 heteroatoms. The molecule has 0 spiro atoms. The van der Waals surface area contributed by atoms with E-state index in [4.69, 9.17) is 14.2 Å². The van der Waals surface area contributed by atoms with Gasteiger partial charge in [0.05, 0.1) is 11.3 Å². The summed E-state index contributed by atoms with van der Waals surface area (Å²) in [5.41, 5.74) is 1.56. The van der Waals surface area contributed by atoms with Crippen LogP contribution in [0.4, 0.5) is 0 Å². The van der Waals surface area contributed by atoms with E-state index in [1.807, 2.05) is 0 Å². The second-order valence-corrected chi connectivity index (χ2v) is 4.14. The quantitative estimate of drug-likeness (QED) is 0.780. The lowest BCUT2D eigenvalue weighted by molar-refractivity contribution is 0.0697. The molecule has 0 bridgehead atoms. The van der Waals surface area contributed by atoms with Crippen LogP contribution in [0.1, 0.15) is 16.1 Å². The van der Waals surface area contributed by atoms with Gasteiger partial charge in [-0.05, 0) is 19.1 Å². The summed E-state index contributed by atoms with van der Waals surface area (Å²) in [5.74, 6) is -0.0141. The molecule has 0 saturated carbocycles. The Bertz CT molecular complexity index is 758. The number of aromatic carboxylic acids is 1. The SMILES string of the molecule is Cc1cc(-c2nc(-c3ccc(C(=O)O)cc3)no2)on1. The number of benzene rings is 1. The molecule has 0 atom stereocenters. The maximum absolute atomic E-state index is 10.8. The molecular formula is C13H9N3O4. The Labute approximate surface area is 112 Å². The summed E-state index contributed by atoms with van der Waals surface area (Å²) < 4.78 is 10.1. The van der Waals surface area contributed by atoms with Crippen molar-refractivity contribution < 1.29 is 18.9 Å². The van der Waals surface area contributed by atoms with Crippen LogP contribution in [0.5, 0.6) is 0 Å². The first kappa shape index (κ1) is 12.1. The Balaban J connectivity index is 1.91. The molecule has 100 valence electrons. The van der Waals surface area contributed by atoms with Gasteiger partial charge >= 0.3 is 5.97 Å². The molecule has 0 aliphatic heterocycles. The van der Waals surface area contributed by atoms with Crippen LogP contribution in [0.15, 0.2) is 39.4 Å². The minimum atomic E-state index is -0.984. The second kappa shape index (κ2) is 4.61. The van der Waals surface area contributed by atoms with Crippen LogP contribution < -0.4 is 0 Å². The zero-order valence-corrected chi connectivity index (χ0v) is 10.4. The standard InChI is InChI=1S/C13H9N3O4/c1-7-6-10(19-15-7)12-14-11(16-20-12)8-2-4-9(5-3-8)13(17)18/h2-6H,1H3,(H,17,18). The van der Waals surface area contributed by atoms with E-state index in [0.717, 1.165) is 0 Å². The summed E-state index contributed by atoms with van der Waals surface area (Å²) in [7, 11) is 0. The highest BCUT2D eigenvalue weighted by Crippen LogP contribution is 2.22. The molecule has 20 heavy (non-hydrogen) atoms. The first-order valence-electron chi connectivity index (χ1n) is 5.74. The third kappa shape index (κ3) is 2.16. The average molecular weight is 271 g/mol. The van der Waals surface area contributed by atoms with Crippen molar-refractivity contribution in [3.63, 3.8) is 0 Å². The number of nitrogens with zero attached hydrogens (tertiary/aromatic N) is 3. The molecule has 1 aromatic carbocycles. The first-order chi connectivity index (χ1) is 9.63. The van der Waals surface area contributed by atoms with Gasteiger partial charge in [0.15, 0.2) is 0 Å². The van der Waals surface area contributed by atoms with Crippen LogP contribution in [0.2, 0.25) is 0 Å². The molecule has 0 saturated heterocycles. The number of carbonyl (C=O) groups is 1. The van der Waals surface area contributed by atoms with Crippen LogP contribution in [0.25, 0.3) is 23.0 Å². The van der Waals surface area contributed by atoms with Crippen molar-refractivity contribution in [3.8, 4) is 23.0 Å². The fourth-order valence-electron chi connectivity index (χ4n) is 1.67. The second-order valence-electron chi connectivity index (χ2n) is 4.14. The summed E-state index contributed by atoms with van der Waals surface area (Å²) in [4.78, 5) is 15.0. The number of rotatable bonds is 3. The van der Waals surface area contributed by atoms with Gasteiger partial charge in [-0.2, -0.15) is 4.98 Å². The van der Waals surface area contributed by atoms with Gasteiger partial charge in [-0.25, -0.2) is 4.79 Å². The highest BCUT2D eigenvalue weighted by molar-refractivity contribution is 5.88. The van der Waals surface area contributed by atoms with Gasteiger partial charge in [-0.1, -0.05) is 22.4 Å². The molecule has 0 aliphatic carbocycles.